The van der Waals surface area contributed by atoms with Gasteiger partial charge in [-0.3, -0.25) is 9.69 Å². The van der Waals surface area contributed by atoms with E-state index >= 15 is 0 Å². The summed E-state index contributed by atoms with van der Waals surface area (Å²) in [5.74, 6) is 0.195. The van der Waals surface area contributed by atoms with Crippen molar-refractivity contribution in [2.24, 2.45) is 0 Å². The number of halogens is 2. The van der Waals surface area contributed by atoms with Crippen LogP contribution in [-0.2, 0) is 6.54 Å². The average molecular weight is 335 g/mol. The molecule has 122 valence electrons. The fourth-order valence-corrected chi connectivity index (χ4v) is 3.43. The maximum atomic E-state index is 14.3. The summed E-state index contributed by atoms with van der Waals surface area (Å²) in [6, 6.07) is 7.12. The number of pyridine rings is 1. The molecule has 0 atom stereocenters. The molecule has 0 spiro atoms. The third kappa shape index (κ3) is 3.65. The number of aromatic nitrogens is 1. The molecule has 2 heterocycles. The maximum Gasteiger partial charge on any atom is 0.248 e. The number of nitrogens with one attached hydrogen (secondary N) is 1. The Morgan fingerprint density at radius 1 is 1.30 bits per heavy atom. The first-order valence-corrected chi connectivity index (χ1v) is 8.27. The van der Waals surface area contributed by atoms with E-state index in [9.17, 15) is 9.18 Å². The van der Waals surface area contributed by atoms with E-state index in [4.69, 9.17) is 11.6 Å². The predicted molar refractivity (Wildman–Crippen MR) is 90.5 cm³/mol. The van der Waals surface area contributed by atoms with Crippen LogP contribution in [-0.4, -0.2) is 23.0 Å². The minimum Gasteiger partial charge on any atom is -0.329 e. The minimum absolute atomic E-state index is 0.0569. The van der Waals surface area contributed by atoms with E-state index < -0.39 is 0 Å². The van der Waals surface area contributed by atoms with Crippen LogP contribution in [0.2, 0.25) is 5.02 Å². The van der Waals surface area contributed by atoms with Gasteiger partial charge in [-0.05, 0) is 62.0 Å². The van der Waals surface area contributed by atoms with Gasteiger partial charge in [0.1, 0.15) is 5.82 Å². The van der Waals surface area contributed by atoms with E-state index in [1.54, 1.807) is 31.3 Å². The molecule has 3 rings (SSSR count). The zero-order chi connectivity index (χ0) is 16.4. The van der Waals surface area contributed by atoms with Crippen LogP contribution < -0.4 is 5.56 Å². The fraction of sp³-hybridized carbons (Fsp3) is 0.389. The fourth-order valence-electron chi connectivity index (χ4n) is 3.22. The molecule has 1 aromatic carbocycles. The summed E-state index contributed by atoms with van der Waals surface area (Å²) >= 11 is 6.16. The van der Waals surface area contributed by atoms with Gasteiger partial charge in [-0.1, -0.05) is 17.7 Å². The van der Waals surface area contributed by atoms with Crippen LogP contribution in [0.4, 0.5) is 4.39 Å². The molecule has 0 saturated carbocycles. The summed E-state index contributed by atoms with van der Waals surface area (Å²) in [6.45, 7) is 4.05. The van der Waals surface area contributed by atoms with Crippen LogP contribution in [0.15, 0.2) is 35.3 Å². The van der Waals surface area contributed by atoms with Crippen molar-refractivity contribution in [3.05, 3.63) is 68.3 Å². The Hall–Kier alpha value is -1.65. The molecule has 1 aliphatic rings. The van der Waals surface area contributed by atoms with Gasteiger partial charge in [0.15, 0.2) is 0 Å². The Morgan fingerprint density at radius 2 is 2.04 bits per heavy atom. The summed E-state index contributed by atoms with van der Waals surface area (Å²) in [5, 5.41) is 0.491. The van der Waals surface area contributed by atoms with E-state index in [0.29, 0.717) is 28.6 Å². The van der Waals surface area contributed by atoms with Gasteiger partial charge in [-0.2, -0.15) is 0 Å². The van der Waals surface area contributed by atoms with Gasteiger partial charge in [-0.25, -0.2) is 4.39 Å². The lowest BCUT2D eigenvalue weighted by Gasteiger charge is -2.32. The summed E-state index contributed by atoms with van der Waals surface area (Å²) in [7, 11) is 0. The second kappa shape index (κ2) is 6.85. The second-order valence-electron chi connectivity index (χ2n) is 6.19. The van der Waals surface area contributed by atoms with Gasteiger partial charge in [0.2, 0.25) is 5.56 Å². The number of rotatable bonds is 3. The Balaban J connectivity index is 1.66. The third-order valence-corrected chi connectivity index (χ3v) is 4.97. The molecule has 3 nitrogen and oxygen atoms in total. The lowest BCUT2D eigenvalue weighted by molar-refractivity contribution is 0.202. The summed E-state index contributed by atoms with van der Waals surface area (Å²) in [4.78, 5) is 16.3. The molecule has 0 aliphatic carbocycles. The number of H-pyrrole nitrogens is 1. The molecular weight excluding hydrogens is 315 g/mol. The second-order valence-corrected chi connectivity index (χ2v) is 6.60. The largest absolute Gasteiger partial charge is 0.329 e. The monoisotopic (exact) mass is 334 g/mol. The van der Waals surface area contributed by atoms with Gasteiger partial charge in [-0.15, -0.1) is 0 Å². The summed E-state index contributed by atoms with van der Waals surface area (Å²) < 4.78 is 14.3. The first-order chi connectivity index (χ1) is 11.0. The van der Waals surface area contributed by atoms with E-state index in [1.807, 2.05) is 6.07 Å². The molecule has 0 amide bonds. The smallest absolute Gasteiger partial charge is 0.248 e. The number of hydrogen-bond donors (Lipinski definition) is 1. The van der Waals surface area contributed by atoms with Crippen LogP contribution >= 0.6 is 11.6 Å². The summed E-state index contributed by atoms with van der Waals surface area (Å²) in [5.41, 5.74) is 2.25. The number of benzene rings is 1. The molecule has 2 aromatic rings. The third-order valence-electron chi connectivity index (χ3n) is 4.62. The normalized spacial score (nSPS) is 16.7. The van der Waals surface area contributed by atoms with Crippen LogP contribution in [0.1, 0.15) is 35.4 Å². The molecule has 5 heteroatoms. The molecule has 1 saturated heterocycles. The first-order valence-electron chi connectivity index (χ1n) is 7.89. The number of nitrogens with zero attached hydrogens (tertiary/aromatic N) is 1. The molecule has 23 heavy (non-hydrogen) atoms. The Morgan fingerprint density at radius 3 is 2.74 bits per heavy atom. The van der Waals surface area contributed by atoms with Crippen molar-refractivity contribution < 1.29 is 4.39 Å². The lowest BCUT2D eigenvalue weighted by atomic mass is 9.90. The quantitative estimate of drug-likeness (QED) is 0.925. The topological polar surface area (TPSA) is 36.1 Å². The van der Waals surface area contributed by atoms with Crippen molar-refractivity contribution >= 4 is 11.6 Å². The van der Waals surface area contributed by atoms with Crippen molar-refractivity contribution in [3.63, 3.8) is 0 Å². The zero-order valence-electron chi connectivity index (χ0n) is 13.1. The van der Waals surface area contributed by atoms with Gasteiger partial charge in [0.05, 0.1) is 0 Å². The van der Waals surface area contributed by atoms with Crippen molar-refractivity contribution in [2.45, 2.75) is 32.2 Å². The Kier molecular flexibility index (Phi) is 4.83. The number of aryl methyl sites for hydroxylation is 1. The van der Waals surface area contributed by atoms with Crippen molar-refractivity contribution in [3.8, 4) is 0 Å². The number of piperidine rings is 1. The highest BCUT2D eigenvalue weighted by Gasteiger charge is 2.22. The van der Waals surface area contributed by atoms with Crippen LogP contribution in [0, 0.1) is 12.7 Å². The Labute approximate surface area is 140 Å². The highest BCUT2D eigenvalue weighted by atomic mass is 35.5. The van der Waals surface area contributed by atoms with Gasteiger partial charge in [0.25, 0.3) is 0 Å². The van der Waals surface area contributed by atoms with Crippen molar-refractivity contribution in [1.82, 2.24) is 9.88 Å². The van der Waals surface area contributed by atoms with Gasteiger partial charge < -0.3 is 4.98 Å². The molecule has 1 N–H and O–H groups in total. The number of aromatic amines is 1. The standard InChI is InChI=1S/C18H20ClFN2O/c1-12-2-3-16(19)15(18(12)20)11-22-8-5-13(6-9-22)14-4-7-21-17(23)10-14/h2-4,7,10,13H,5-6,8-9,11H2,1H3,(H,21,23). The highest BCUT2D eigenvalue weighted by molar-refractivity contribution is 6.31. The molecule has 0 unspecified atom stereocenters. The Bertz CT molecular complexity index is 751. The van der Waals surface area contributed by atoms with Crippen molar-refractivity contribution in [1.29, 1.82) is 0 Å². The van der Waals surface area contributed by atoms with Crippen molar-refractivity contribution in [2.75, 3.05) is 13.1 Å². The predicted octanol–water partition coefficient (Wildman–Crippen LogP) is 3.86. The van der Waals surface area contributed by atoms with E-state index in [0.717, 1.165) is 31.5 Å². The summed E-state index contributed by atoms with van der Waals surface area (Å²) in [6.07, 6.45) is 3.63. The average Bonchev–Trinajstić information content (AvgIpc) is 2.56. The van der Waals surface area contributed by atoms with Crippen LogP contribution in [0.3, 0.4) is 0 Å². The molecule has 1 aromatic heterocycles. The highest BCUT2D eigenvalue weighted by Crippen LogP contribution is 2.29. The van der Waals surface area contributed by atoms with E-state index in [1.165, 1.54) is 0 Å². The first kappa shape index (κ1) is 16.2. The molecule has 1 fully saturated rings. The van der Waals surface area contributed by atoms with Gasteiger partial charge >= 0.3 is 0 Å². The minimum atomic E-state index is -0.200. The van der Waals surface area contributed by atoms with Crippen LogP contribution in [0.25, 0.3) is 0 Å². The molecule has 1 aliphatic heterocycles. The SMILES string of the molecule is Cc1ccc(Cl)c(CN2CCC(c3cc[nH]c(=O)c3)CC2)c1F. The van der Waals surface area contributed by atoms with E-state index in [-0.39, 0.29) is 11.4 Å². The molecule has 0 bridgehead atoms. The van der Waals surface area contributed by atoms with Gasteiger partial charge in [0, 0.05) is 29.4 Å². The maximum absolute atomic E-state index is 14.3. The van der Waals surface area contributed by atoms with Crippen LogP contribution in [0.5, 0.6) is 0 Å². The lowest BCUT2D eigenvalue weighted by Crippen LogP contribution is -2.33. The molecule has 0 radical (unpaired) electrons. The zero-order valence-corrected chi connectivity index (χ0v) is 13.9. The molecular formula is C18H20ClFN2O. The number of hydrogen-bond acceptors (Lipinski definition) is 2. The van der Waals surface area contributed by atoms with E-state index in [2.05, 4.69) is 9.88 Å². The number of likely N-dealkylation sites (tertiary alicyclic amines) is 1.